The summed E-state index contributed by atoms with van der Waals surface area (Å²) in [5.41, 5.74) is 8.88. The second kappa shape index (κ2) is 5.43. The summed E-state index contributed by atoms with van der Waals surface area (Å²) in [5.74, 6) is 0.278. The highest BCUT2D eigenvalue weighted by molar-refractivity contribution is 7.18. The van der Waals surface area contributed by atoms with Gasteiger partial charge in [-0.2, -0.15) is 11.3 Å². The first-order valence-electron chi connectivity index (χ1n) is 7.65. The molecule has 24 heavy (non-hydrogen) atoms. The molecule has 1 aliphatic rings. The summed E-state index contributed by atoms with van der Waals surface area (Å²) in [4.78, 5) is 18.3. The summed E-state index contributed by atoms with van der Waals surface area (Å²) in [7, 11) is 1.67. The molecule has 2 aromatic heterocycles. The van der Waals surface area contributed by atoms with E-state index in [4.69, 9.17) is 5.73 Å². The van der Waals surface area contributed by atoms with Crippen molar-refractivity contribution in [2.45, 2.75) is 18.9 Å². The number of hydrogen-bond acceptors (Lipinski definition) is 5. The lowest BCUT2D eigenvalue weighted by Gasteiger charge is -2.33. The van der Waals surface area contributed by atoms with Crippen molar-refractivity contribution in [2.24, 2.45) is 10.7 Å². The topological polar surface area (TPSA) is 58.7 Å². The molecule has 0 saturated carbocycles. The molecule has 0 aliphatic carbocycles. The van der Waals surface area contributed by atoms with Crippen LogP contribution in [0.4, 0.5) is 0 Å². The number of nitrogens with two attached hydrogens (primary N) is 1. The van der Waals surface area contributed by atoms with Crippen molar-refractivity contribution in [3.05, 3.63) is 46.0 Å². The number of guanidine groups is 1. The molecule has 2 N–H and O–H groups in total. The molecule has 0 radical (unpaired) electrons. The van der Waals surface area contributed by atoms with E-state index in [0.29, 0.717) is 6.42 Å². The molecule has 1 amide bonds. The lowest BCUT2D eigenvalue weighted by molar-refractivity contribution is -0.128. The number of fused-ring (bicyclic) bond motifs is 1. The van der Waals surface area contributed by atoms with Crippen LogP contribution in [-0.2, 0) is 10.3 Å². The van der Waals surface area contributed by atoms with Crippen LogP contribution in [0.25, 0.3) is 21.2 Å². The molecule has 0 spiro atoms. The van der Waals surface area contributed by atoms with Gasteiger partial charge < -0.3 is 5.73 Å². The van der Waals surface area contributed by atoms with Crippen LogP contribution in [0.15, 0.2) is 45.4 Å². The van der Waals surface area contributed by atoms with Crippen molar-refractivity contribution in [2.75, 3.05) is 7.05 Å². The molecule has 0 unspecified atom stereocenters. The molecule has 6 heteroatoms. The van der Waals surface area contributed by atoms with Crippen molar-refractivity contribution < 1.29 is 4.79 Å². The Kier molecular flexibility index (Phi) is 3.47. The number of aliphatic imine (C=N–C) groups is 1. The second-order valence-corrected chi connectivity index (χ2v) is 7.88. The van der Waals surface area contributed by atoms with Gasteiger partial charge in [-0.3, -0.25) is 9.69 Å². The lowest BCUT2D eigenvalue weighted by Crippen LogP contribution is -2.47. The van der Waals surface area contributed by atoms with Crippen molar-refractivity contribution >= 4 is 44.6 Å². The largest absolute Gasteiger partial charge is 0.369 e. The smallest absolute Gasteiger partial charge is 0.231 e. The van der Waals surface area contributed by atoms with E-state index in [9.17, 15) is 4.79 Å². The number of carbonyl (C=O) groups excluding carboxylic acids is 1. The summed E-state index contributed by atoms with van der Waals surface area (Å²) in [5, 5.41) is 7.52. The minimum atomic E-state index is -0.612. The molecule has 4 rings (SSSR count). The van der Waals surface area contributed by atoms with E-state index in [1.165, 1.54) is 20.7 Å². The van der Waals surface area contributed by atoms with Gasteiger partial charge in [-0.05, 0) is 45.6 Å². The molecule has 3 aromatic rings. The third kappa shape index (κ3) is 2.25. The number of thiophene rings is 2. The van der Waals surface area contributed by atoms with E-state index in [0.717, 1.165) is 10.9 Å². The standard InChI is InChI=1S/C18H17N3OS2/c1-18(8-15(22)21(2)17(19)20-18)14-10-24-16-12(4-3-5-13(14)16)11-6-7-23-9-11/h3-7,9-10H,8H2,1-2H3,(H2,19,20)/t18-/m0/s1. The highest BCUT2D eigenvalue weighted by Gasteiger charge is 2.37. The minimum absolute atomic E-state index is 0.00154. The van der Waals surface area contributed by atoms with Crippen LogP contribution >= 0.6 is 22.7 Å². The number of amides is 1. The maximum atomic E-state index is 12.3. The molecule has 0 fully saturated rings. The fourth-order valence-electron chi connectivity index (χ4n) is 3.18. The number of nitrogens with zero attached hydrogens (tertiary/aromatic N) is 2. The first-order valence-corrected chi connectivity index (χ1v) is 9.47. The molecule has 0 bridgehead atoms. The number of benzene rings is 1. The van der Waals surface area contributed by atoms with Gasteiger partial charge in [0, 0.05) is 17.3 Å². The van der Waals surface area contributed by atoms with E-state index < -0.39 is 5.54 Å². The Morgan fingerprint density at radius 2 is 2.12 bits per heavy atom. The molecular formula is C18H17N3OS2. The van der Waals surface area contributed by atoms with E-state index in [1.54, 1.807) is 29.7 Å². The lowest BCUT2D eigenvalue weighted by atomic mass is 9.87. The summed E-state index contributed by atoms with van der Waals surface area (Å²) < 4.78 is 1.23. The molecular weight excluding hydrogens is 338 g/mol. The molecule has 0 saturated heterocycles. The van der Waals surface area contributed by atoms with Crippen molar-refractivity contribution in [1.82, 2.24) is 4.90 Å². The predicted molar refractivity (Wildman–Crippen MR) is 101 cm³/mol. The maximum absolute atomic E-state index is 12.3. The monoisotopic (exact) mass is 355 g/mol. The van der Waals surface area contributed by atoms with Crippen molar-refractivity contribution in [3.8, 4) is 11.1 Å². The highest BCUT2D eigenvalue weighted by Crippen LogP contribution is 2.43. The molecule has 1 atom stereocenters. The van der Waals surface area contributed by atoms with Gasteiger partial charge in [0.05, 0.1) is 12.0 Å². The maximum Gasteiger partial charge on any atom is 0.231 e. The van der Waals surface area contributed by atoms with Gasteiger partial charge in [0.1, 0.15) is 0 Å². The van der Waals surface area contributed by atoms with E-state index in [2.05, 4.69) is 45.4 Å². The molecule has 1 aromatic carbocycles. The summed E-state index contributed by atoms with van der Waals surface area (Å²) in [6, 6.07) is 8.45. The van der Waals surface area contributed by atoms with Crippen LogP contribution in [0.1, 0.15) is 18.9 Å². The quantitative estimate of drug-likeness (QED) is 0.755. The van der Waals surface area contributed by atoms with E-state index in [-0.39, 0.29) is 11.9 Å². The Morgan fingerprint density at radius 3 is 2.83 bits per heavy atom. The number of rotatable bonds is 2. The van der Waals surface area contributed by atoms with Gasteiger partial charge in [-0.1, -0.05) is 18.2 Å². The Morgan fingerprint density at radius 1 is 1.29 bits per heavy atom. The molecule has 4 nitrogen and oxygen atoms in total. The van der Waals surface area contributed by atoms with Crippen LogP contribution < -0.4 is 5.73 Å². The average molecular weight is 355 g/mol. The zero-order chi connectivity index (χ0) is 16.9. The molecule has 3 heterocycles. The SMILES string of the molecule is CN1C(=O)C[C@@](C)(c2csc3c(-c4ccsc4)cccc23)N=C1N. The molecule has 1 aliphatic heterocycles. The van der Waals surface area contributed by atoms with Gasteiger partial charge in [-0.15, -0.1) is 11.3 Å². The minimum Gasteiger partial charge on any atom is -0.369 e. The van der Waals surface area contributed by atoms with Gasteiger partial charge in [-0.25, -0.2) is 4.99 Å². The highest BCUT2D eigenvalue weighted by atomic mass is 32.1. The Bertz CT molecular complexity index is 958. The Balaban J connectivity index is 1.90. The van der Waals surface area contributed by atoms with Gasteiger partial charge in [0.15, 0.2) is 5.96 Å². The van der Waals surface area contributed by atoms with Crippen LogP contribution in [0.5, 0.6) is 0 Å². The predicted octanol–water partition coefficient (Wildman–Crippen LogP) is 4.02. The fourth-order valence-corrected chi connectivity index (χ4v) is 5.07. The van der Waals surface area contributed by atoms with E-state index in [1.807, 2.05) is 6.92 Å². The zero-order valence-electron chi connectivity index (χ0n) is 13.4. The summed E-state index contributed by atoms with van der Waals surface area (Å²) in [6.45, 7) is 1.99. The van der Waals surface area contributed by atoms with Crippen LogP contribution in [0.2, 0.25) is 0 Å². The van der Waals surface area contributed by atoms with Gasteiger partial charge >= 0.3 is 0 Å². The summed E-state index contributed by atoms with van der Waals surface area (Å²) in [6.07, 6.45) is 0.332. The first-order chi connectivity index (χ1) is 11.5. The third-order valence-corrected chi connectivity index (χ3v) is 6.30. The number of hydrogen-bond donors (Lipinski definition) is 1. The van der Waals surface area contributed by atoms with Crippen LogP contribution in [-0.4, -0.2) is 23.8 Å². The van der Waals surface area contributed by atoms with Crippen molar-refractivity contribution in [1.29, 1.82) is 0 Å². The normalized spacial score (nSPS) is 21.3. The molecule has 122 valence electrons. The third-order valence-electron chi connectivity index (χ3n) is 4.59. The van der Waals surface area contributed by atoms with Gasteiger partial charge in [0.2, 0.25) is 5.91 Å². The summed E-state index contributed by atoms with van der Waals surface area (Å²) >= 11 is 3.40. The Labute approximate surface area is 148 Å². The van der Waals surface area contributed by atoms with Crippen molar-refractivity contribution in [3.63, 3.8) is 0 Å². The fraction of sp³-hybridized carbons (Fsp3) is 0.222. The van der Waals surface area contributed by atoms with Crippen LogP contribution in [0, 0.1) is 0 Å². The zero-order valence-corrected chi connectivity index (χ0v) is 15.1. The number of carbonyl (C=O) groups is 1. The average Bonchev–Trinajstić information content (AvgIpc) is 3.21. The van der Waals surface area contributed by atoms with E-state index >= 15 is 0 Å². The van der Waals surface area contributed by atoms with Crippen LogP contribution in [0.3, 0.4) is 0 Å². The second-order valence-electron chi connectivity index (χ2n) is 6.22. The van der Waals surface area contributed by atoms with Gasteiger partial charge in [0.25, 0.3) is 0 Å². The Hall–Kier alpha value is -2.18. The first kappa shape index (κ1) is 15.4.